The van der Waals surface area contributed by atoms with Crippen LogP contribution < -0.4 is 5.73 Å². The standard InChI is InChI=1S/C22H29N3O4/c1-29-22(16-5-2-4-15(12-16)21(23)28)17-6-3-7-18(22)14-24(13-17)10-11-25-19(26)8-9-20(25)27/h2,4-5,12,17-18H,3,6-11,13-14H2,1H3,(H2,23,28)/t17-,18+,22?. The van der Waals surface area contributed by atoms with Gasteiger partial charge in [-0.2, -0.15) is 0 Å². The summed E-state index contributed by atoms with van der Waals surface area (Å²) in [5.74, 6) is 0.0327. The van der Waals surface area contributed by atoms with Gasteiger partial charge in [0.15, 0.2) is 0 Å². The molecule has 2 bridgehead atoms. The van der Waals surface area contributed by atoms with Crippen molar-refractivity contribution in [2.75, 3.05) is 33.3 Å². The molecule has 3 amide bonds. The quantitative estimate of drug-likeness (QED) is 0.732. The van der Waals surface area contributed by atoms with Gasteiger partial charge in [-0.05, 0) is 30.5 Å². The zero-order valence-electron chi connectivity index (χ0n) is 16.9. The van der Waals surface area contributed by atoms with Crippen LogP contribution in [0.4, 0.5) is 0 Å². The van der Waals surface area contributed by atoms with Crippen molar-refractivity contribution < 1.29 is 19.1 Å². The molecule has 3 aliphatic rings. The number of methoxy groups -OCH3 is 1. The third-order valence-electron chi connectivity index (χ3n) is 7.01. The number of nitrogens with zero attached hydrogens (tertiary/aromatic N) is 2. The molecule has 3 fully saturated rings. The molecule has 1 aromatic carbocycles. The Hall–Kier alpha value is -2.25. The van der Waals surface area contributed by atoms with E-state index in [4.69, 9.17) is 10.5 Å². The van der Waals surface area contributed by atoms with Gasteiger partial charge in [0.1, 0.15) is 5.60 Å². The second-order valence-electron chi connectivity index (χ2n) is 8.47. The molecule has 2 N–H and O–H groups in total. The first-order valence-corrected chi connectivity index (χ1v) is 10.5. The number of amides is 3. The first kappa shape index (κ1) is 20.0. The molecule has 2 aliphatic heterocycles. The molecule has 3 atom stereocenters. The molecule has 0 aromatic heterocycles. The molecular formula is C22H29N3O4. The van der Waals surface area contributed by atoms with Crippen molar-refractivity contribution in [2.45, 2.75) is 37.7 Å². The Morgan fingerprint density at radius 2 is 1.79 bits per heavy atom. The number of rotatable bonds is 6. The lowest BCUT2D eigenvalue weighted by Crippen LogP contribution is -2.59. The molecule has 0 spiro atoms. The summed E-state index contributed by atoms with van der Waals surface area (Å²) in [7, 11) is 1.76. The first-order valence-electron chi connectivity index (χ1n) is 10.5. The van der Waals surface area contributed by atoms with E-state index < -0.39 is 11.5 Å². The molecule has 0 radical (unpaired) electrons. The maximum atomic E-state index is 11.9. The Balaban J connectivity index is 1.54. The number of nitrogens with two attached hydrogens (primary N) is 1. The van der Waals surface area contributed by atoms with E-state index in [2.05, 4.69) is 4.90 Å². The molecule has 7 heteroatoms. The molecule has 2 saturated heterocycles. The largest absolute Gasteiger partial charge is 0.373 e. The van der Waals surface area contributed by atoms with Crippen LogP contribution in [0.3, 0.4) is 0 Å². The number of carbonyl (C=O) groups is 3. The zero-order chi connectivity index (χ0) is 20.6. The maximum absolute atomic E-state index is 11.9. The molecule has 1 unspecified atom stereocenters. The van der Waals surface area contributed by atoms with Crippen molar-refractivity contribution in [3.8, 4) is 0 Å². The van der Waals surface area contributed by atoms with Crippen LogP contribution in [0, 0.1) is 11.8 Å². The van der Waals surface area contributed by atoms with Gasteiger partial charge in [-0.25, -0.2) is 0 Å². The number of fused-ring (bicyclic) bond motifs is 2. The van der Waals surface area contributed by atoms with E-state index in [1.165, 1.54) is 4.90 Å². The van der Waals surface area contributed by atoms with E-state index in [1.807, 2.05) is 18.2 Å². The highest BCUT2D eigenvalue weighted by molar-refractivity contribution is 6.01. The second kappa shape index (κ2) is 7.88. The minimum atomic E-state index is -0.431. The summed E-state index contributed by atoms with van der Waals surface area (Å²) in [5, 5.41) is 0. The van der Waals surface area contributed by atoms with Gasteiger partial charge < -0.3 is 15.4 Å². The monoisotopic (exact) mass is 399 g/mol. The summed E-state index contributed by atoms with van der Waals surface area (Å²) in [5.41, 5.74) is 6.61. The Morgan fingerprint density at radius 3 is 2.38 bits per heavy atom. The summed E-state index contributed by atoms with van der Waals surface area (Å²) in [6, 6.07) is 7.54. The Bertz CT molecular complexity index is 794. The van der Waals surface area contributed by atoms with Crippen LogP contribution in [0.15, 0.2) is 24.3 Å². The van der Waals surface area contributed by atoms with Gasteiger partial charge in [0.2, 0.25) is 17.7 Å². The molecular weight excluding hydrogens is 370 g/mol. The third-order valence-corrected chi connectivity index (χ3v) is 7.01. The Kier molecular flexibility index (Phi) is 5.44. The van der Waals surface area contributed by atoms with E-state index >= 15 is 0 Å². The number of likely N-dealkylation sites (tertiary alicyclic amines) is 2. The van der Waals surface area contributed by atoms with Gasteiger partial charge in [0, 0.05) is 63.5 Å². The highest BCUT2D eigenvalue weighted by Gasteiger charge is 2.53. The lowest BCUT2D eigenvalue weighted by atomic mass is 9.62. The number of ether oxygens (including phenoxy) is 1. The van der Waals surface area contributed by atoms with E-state index in [9.17, 15) is 14.4 Å². The van der Waals surface area contributed by atoms with Gasteiger partial charge in [0.05, 0.1) is 0 Å². The number of primary amides is 1. The molecule has 7 nitrogen and oxygen atoms in total. The number of carbonyl (C=O) groups excluding carboxylic acids is 3. The fraction of sp³-hybridized carbons (Fsp3) is 0.591. The second-order valence-corrected chi connectivity index (χ2v) is 8.47. The van der Waals surface area contributed by atoms with Crippen molar-refractivity contribution in [3.05, 3.63) is 35.4 Å². The molecule has 156 valence electrons. The molecule has 4 rings (SSSR count). The SMILES string of the molecule is COC1(c2cccc(C(N)=O)c2)[C@@H]2CCC[C@H]1CN(CCN1C(=O)CCC1=O)C2. The Labute approximate surface area is 171 Å². The summed E-state index contributed by atoms with van der Waals surface area (Å²) >= 11 is 0. The predicted octanol–water partition coefficient (Wildman–Crippen LogP) is 1.51. The highest BCUT2D eigenvalue weighted by atomic mass is 16.5. The van der Waals surface area contributed by atoms with Crippen LogP contribution in [0.2, 0.25) is 0 Å². The van der Waals surface area contributed by atoms with Crippen molar-refractivity contribution in [3.63, 3.8) is 0 Å². The fourth-order valence-electron chi connectivity index (χ4n) is 5.66. The fourth-order valence-corrected chi connectivity index (χ4v) is 5.66. The minimum absolute atomic E-state index is 0.0540. The van der Waals surface area contributed by atoms with Gasteiger partial charge in [-0.15, -0.1) is 0 Å². The molecule has 2 heterocycles. The zero-order valence-corrected chi connectivity index (χ0v) is 16.9. The molecule has 1 aliphatic carbocycles. The number of hydrogen-bond acceptors (Lipinski definition) is 5. The van der Waals surface area contributed by atoms with E-state index in [0.29, 0.717) is 31.5 Å². The summed E-state index contributed by atoms with van der Waals surface area (Å²) in [4.78, 5) is 39.3. The van der Waals surface area contributed by atoms with Gasteiger partial charge >= 0.3 is 0 Å². The number of benzene rings is 1. The van der Waals surface area contributed by atoms with Crippen LogP contribution >= 0.6 is 0 Å². The van der Waals surface area contributed by atoms with E-state index in [-0.39, 0.29) is 23.7 Å². The van der Waals surface area contributed by atoms with Crippen molar-refractivity contribution >= 4 is 17.7 Å². The highest BCUT2D eigenvalue weighted by Crippen LogP contribution is 2.51. The lowest BCUT2D eigenvalue weighted by molar-refractivity contribution is -0.169. The average molecular weight is 399 g/mol. The molecule has 1 saturated carbocycles. The number of piperidine rings is 1. The van der Waals surface area contributed by atoms with E-state index in [1.54, 1.807) is 13.2 Å². The van der Waals surface area contributed by atoms with Crippen LogP contribution in [-0.2, 0) is 19.9 Å². The normalized spacial score (nSPS) is 30.0. The summed E-state index contributed by atoms with van der Waals surface area (Å²) in [6.07, 6.45) is 3.93. The topological polar surface area (TPSA) is 92.9 Å². The summed E-state index contributed by atoms with van der Waals surface area (Å²) in [6.45, 7) is 2.86. The van der Waals surface area contributed by atoms with Gasteiger partial charge in [-0.1, -0.05) is 18.6 Å². The number of imide groups is 1. The minimum Gasteiger partial charge on any atom is -0.373 e. The van der Waals surface area contributed by atoms with Crippen molar-refractivity contribution in [1.29, 1.82) is 0 Å². The summed E-state index contributed by atoms with van der Waals surface area (Å²) < 4.78 is 6.23. The van der Waals surface area contributed by atoms with Crippen LogP contribution in [0.5, 0.6) is 0 Å². The van der Waals surface area contributed by atoms with Crippen molar-refractivity contribution in [2.24, 2.45) is 17.6 Å². The molecule has 29 heavy (non-hydrogen) atoms. The smallest absolute Gasteiger partial charge is 0.248 e. The Morgan fingerprint density at radius 1 is 1.14 bits per heavy atom. The maximum Gasteiger partial charge on any atom is 0.248 e. The first-order chi connectivity index (χ1) is 14.0. The van der Waals surface area contributed by atoms with Crippen LogP contribution in [-0.4, -0.2) is 60.8 Å². The van der Waals surface area contributed by atoms with E-state index in [0.717, 1.165) is 37.9 Å². The molecule has 1 aromatic rings. The average Bonchev–Trinajstić information content (AvgIpc) is 3.03. The third kappa shape index (κ3) is 3.46. The van der Waals surface area contributed by atoms with Crippen molar-refractivity contribution in [1.82, 2.24) is 9.80 Å². The van der Waals surface area contributed by atoms with Gasteiger partial charge in [0.25, 0.3) is 0 Å². The number of hydrogen-bond donors (Lipinski definition) is 1. The van der Waals surface area contributed by atoms with Crippen LogP contribution in [0.25, 0.3) is 0 Å². The lowest BCUT2D eigenvalue weighted by Gasteiger charge is -2.55. The van der Waals surface area contributed by atoms with Gasteiger partial charge in [-0.3, -0.25) is 19.3 Å². The predicted molar refractivity (Wildman–Crippen MR) is 107 cm³/mol. The van der Waals surface area contributed by atoms with Crippen LogP contribution in [0.1, 0.15) is 48.0 Å².